The summed E-state index contributed by atoms with van der Waals surface area (Å²) in [5.41, 5.74) is 7.77. The number of nitrogens with zero attached hydrogens (tertiary/aromatic N) is 3. The zero-order chi connectivity index (χ0) is 15.6. The SMILES string of the molecule is Nc1ncc2c(n1)CN(C(=O)C13CC4CC(CC(C4)C1)C3)CC2. The van der Waals surface area contributed by atoms with Gasteiger partial charge in [0.2, 0.25) is 11.9 Å². The summed E-state index contributed by atoms with van der Waals surface area (Å²) in [6, 6.07) is 0. The van der Waals surface area contributed by atoms with E-state index in [0.717, 1.165) is 61.2 Å². The van der Waals surface area contributed by atoms with Crippen LogP contribution in [0.1, 0.15) is 49.8 Å². The minimum absolute atomic E-state index is 0.0508. The molecule has 0 aromatic carbocycles. The second-order valence-electron chi connectivity index (χ2n) is 8.37. The zero-order valence-corrected chi connectivity index (χ0v) is 13.5. The first-order valence-corrected chi connectivity index (χ1v) is 9.01. The molecule has 4 fully saturated rings. The fourth-order valence-electron chi connectivity index (χ4n) is 6.20. The van der Waals surface area contributed by atoms with Gasteiger partial charge in [-0.2, -0.15) is 0 Å². The van der Waals surface area contributed by atoms with Crippen molar-refractivity contribution in [2.75, 3.05) is 12.3 Å². The second-order valence-corrected chi connectivity index (χ2v) is 8.37. The summed E-state index contributed by atoms with van der Waals surface area (Å²) in [7, 11) is 0. The van der Waals surface area contributed by atoms with E-state index in [9.17, 15) is 4.79 Å². The number of fused-ring (bicyclic) bond motifs is 1. The van der Waals surface area contributed by atoms with Gasteiger partial charge in [-0.05, 0) is 68.3 Å². The van der Waals surface area contributed by atoms with Crippen LogP contribution >= 0.6 is 0 Å². The summed E-state index contributed by atoms with van der Waals surface area (Å²) in [4.78, 5) is 23.9. The summed E-state index contributed by atoms with van der Waals surface area (Å²) in [6.07, 6.45) is 10.2. The van der Waals surface area contributed by atoms with Crippen LogP contribution in [0.3, 0.4) is 0 Å². The number of rotatable bonds is 1. The molecule has 1 amide bonds. The smallest absolute Gasteiger partial charge is 0.229 e. The van der Waals surface area contributed by atoms with E-state index in [4.69, 9.17) is 5.73 Å². The molecule has 4 saturated carbocycles. The van der Waals surface area contributed by atoms with E-state index in [0.29, 0.717) is 18.4 Å². The van der Waals surface area contributed by atoms with Gasteiger partial charge < -0.3 is 10.6 Å². The lowest BCUT2D eigenvalue weighted by atomic mass is 9.49. The standard InChI is InChI=1S/C18H24N4O/c19-17-20-9-14-1-2-22(10-15(14)21-17)16(23)18-6-11-3-12(7-18)5-13(4-11)8-18/h9,11-13H,1-8,10H2,(H2,19,20,21). The Labute approximate surface area is 136 Å². The van der Waals surface area contributed by atoms with Gasteiger partial charge in [0.15, 0.2) is 0 Å². The Morgan fingerprint density at radius 3 is 2.48 bits per heavy atom. The molecule has 23 heavy (non-hydrogen) atoms. The molecule has 2 N–H and O–H groups in total. The fraction of sp³-hybridized carbons (Fsp3) is 0.722. The summed E-state index contributed by atoms with van der Waals surface area (Å²) in [6.45, 7) is 1.42. The number of carbonyl (C=O) groups is 1. The molecule has 122 valence electrons. The van der Waals surface area contributed by atoms with Crippen molar-refractivity contribution in [3.63, 3.8) is 0 Å². The third-order valence-corrected chi connectivity index (χ3v) is 6.74. The number of aromatic nitrogens is 2. The maximum Gasteiger partial charge on any atom is 0.229 e. The molecule has 0 spiro atoms. The van der Waals surface area contributed by atoms with E-state index in [1.165, 1.54) is 19.3 Å². The number of hydrogen-bond donors (Lipinski definition) is 1. The lowest BCUT2D eigenvalue weighted by molar-refractivity contribution is -0.158. The molecule has 5 aliphatic rings. The van der Waals surface area contributed by atoms with Crippen LogP contribution in [-0.2, 0) is 17.8 Å². The summed E-state index contributed by atoms with van der Waals surface area (Å²) in [5, 5.41) is 0. The highest BCUT2D eigenvalue weighted by molar-refractivity contribution is 5.83. The van der Waals surface area contributed by atoms with Crippen LogP contribution in [0.2, 0.25) is 0 Å². The number of anilines is 1. The van der Waals surface area contributed by atoms with Crippen molar-refractivity contribution in [2.24, 2.45) is 23.2 Å². The Morgan fingerprint density at radius 2 is 1.83 bits per heavy atom. The Balaban J connectivity index is 1.41. The first-order chi connectivity index (χ1) is 11.1. The fourth-order valence-corrected chi connectivity index (χ4v) is 6.20. The average Bonchev–Trinajstić information content (AvgIpc) is 2.52. The van der Waals surface area contributed by atoms with Crippen LogP contribution in [-0.4, -0.2) is 27.3 Å². The number of nitrogen functional groups attached to an aromatic ring is 1. The van der Waals surface area contributed by atoms with Gasteiger partial charge in [-0.3, -0.25) is 4.79 Å². The lowest BCUT2D eigenvalue weighted by Crippen LogP contribution is -2.55. The molecule has 4 bridgehead atoms. The Hall–Kier alpha value is -1.65. The monoisotopic (exact) mass is 312 g/mol. The average molecular weight is 312 g/mol. The topological polar surface area (TPSA) is 72.1 Å². The van der Waals surface area contributed by atoms with E-state index in [1.807, 2.05) is 6.20 Å². The second kappa shape index (κ2) is 4.68. The number of amides is 1. The normalized spacial score (nSPS) is 37.7. The third kappa shape index (κ3) is 2.08. The zero-order valence-electron chi connectivity index (χ0n) is 13.5. The molecular weight excluding hydrogens is 288 g/mol. The van der Waals surface area contributed by atoms with Crippen LogP contribution in [0.4, 0.5) is 5.95 Å². The molecule has 5 nitrogen and oxygen atoms in total. The van der Waals surface area contributed by atoms with Crippen molar-refractivity contribution in [2.45, 2.75) is 51.5 Å². The van der Waals surface area contributed by atoms with E-state index in [1.54, 1.807) is 0 Å². The van der Waals surface area contributed by atoms with Crippen LogP contribution in [0.5, 0.6) is 0 Å². The maximum atomic E-state index is 13.4. The van der Waals surface area contributed by atoms with Crippen LogP contribution < -0.4 is 5.73 Å². The predicted octanol–water partition coefficient (Wildman–Crippen LogP) is 2.16. The van der Waals surface area contributed by atoms with E-state index in [-0.39, 0.29) is 5.41 Å². The van der Waals surface area contributed by atoms with Crippen LogP contribution in [0, 0.1) is 23.2 Å². The van der Waals surface area contributed by atoms with Gasteiger partial charge in [0.1, 0.15) is 0 Å². The Morgan fingerprint density at radius 1 is 1.17 bits per heavy atom. The molecular formula is C18H24N4O. The summed E-state index contributed by atoms with van der Waals surface area (Å²) in [5.74, 6) is 3.13. The van der Waals surface area contributed by atoms with Crippen molar-refractivity contribution < 1.29 is 4.79 Å². The van der Waals surface area contributed by atoms with Crippen LogP contribution in [0.25, 0.3) is 0 Å². The number of nitrogens with two attached hydrogens (primary N) is 1. The highest BCUT2D eigenvalue weighted by atomic mass is 16.2. The minimum atomic E-state index is -0.0508. The maximum absolute atomic E-state index is 13.4. The van der Waals surface area contributed by atoms with E-state index >= 15 is 0 Å². The van der Waals surface area contributed by atoms with Crippen molar-refractivity contribution >= 4 is 11.9 Å². The number of carbonyl (C=O) groups excluding carboxylic acids is 1. The highest BCUT2D eigenvalue weighted by Crippen LogP contribution is 2.60. The van der Waals surface area contributed by atoms with Gasteiger partial charge in [0.25, 0.3) is 0 Å². The van der Waals surface area contributed by atoms with Gasteiger partial charge in [-0.1, -0.05) is 0 Å². The molecule has 0 saturated heterocycles. The van der Waals surface area contributed by atoms with Gasteiger partial charge >= 0.3 is 0 Å². The summed E-state index contributed by atoms with van der Waals surface area (Å²) < 4.78 is 0. The van der Waals surface area contributed by atoms with Crippen LogP contribution in [0.15, 0.2) is 6.20 Å². The van der Waals surface area contributed by atoms with Crippen molar-refractivity contribution in [1.29, 1.82) is 0 Å². The Bertz CT molecular complexity index is 636. The first kappa shape index (κ1) is 13.8. The van der Waals surface area contributed by atoms with Crippen molar-refractivity contribution in [3.05, 3.63) is 17.5 Å². The van der Waals surface area contributed by atoms with E-state index < -0.39 is 0 Å². The largest absolute Gasteiger partial charge is 0.368 e. The Kier molecular flexibility index (Phi) is 2.80. The van der Waals surface area contributed by atoms with Gasteiger partial charge in [0, 0.05) is 12.7 Å². The molecule has 5 heteroatoms. The third-order valence-electron chi connectivity index (χ3n) is 6.74. The summed E-state index contributed by atoms with van der Waals surface area (Å²) >= 11 is 0. The molecule has 0 unspecified atom stereocenters. The van der Waals surface area contributed by atoms with Gasteiger partial charge in [-0.15, -0.1) is 0 Å². The molecule has 6 rings (SSSR count). The first-order valence-electron chi connectivity index (χ1n) is 9.01. The van der Waals surface area contributed by atoms with Crippen molar-refractivity contribution in [3.8, 4) is 0 Å². The van der Waals surface area contributed by atoms with E-state index in [2.05, 4.69) is 14.9 Å². The molecule has 1 aromatic heterocycles. The molecule has 0 atom stereocenters. The molecule has 1 aromatic rings. The van der Waals surface area contributed by atoms with Gasteiger partial charge in [0.05, 0.1) is 17.7 Å². The lowest BCUT2D eigenvalue weighted by Gasteiger charge is -2.56. The molecule has 0 radical (unpaired) electrons. The number of hydrogen-bond acceptors (Lipinski definition) is 4. The minimum Gasteiger partial charge on any atom is -0.368 e. The van der Waals surface area contributed by atoms with Crippen molar-refractivity contribution in [1.82, 2.24) is 14.9 Å². The molecule has 2 heterocycles. The predicted molar refractivity (Wildman–Crippen MR) is 86.2 cm³/mol. The highest BCUT2D eigenvalue weighted by Gasteiger charge is 2.55. The molecule has 4 aliphatic carbocycles. The quantitative estimate of drug-likeness (QED) is 0.862. The van der Waals surface area contributed by atoms with Gasteiger partial charge in [-0.25, -0.2) is 9.97 Å². The molecule has 1 aliphatic heterocycles.